The number of H-pyrrole nitrogens is 1. The van der Waals surface area contributed by atoms with Gasteiger partial charge in [0.15, 0.2) is 5.78 Å². The summed E-state index contributed by atoms with van der Waals surface area (Å²) in [5, 5.41) is 1.21. The zero-order chi connectivity index (χ0) is 11.8. The third-order valence-electron chi connectivity index (χ3n) is 3.39. The average Bonchev–Trinajstić information content (AvgIpc) is 2.71. The molecular formula is C15H15NO. The summed E-state index contributed by atoms with van der Waals surface area (Å²) in [7, 11) is 0. The first kappa shape index (κ1) is 10.3. The number of nitrogens with one attached hydrogen (secondary N) is 1. The summed E-state index contributed by atoms with van der Waals surface area (Å²) in [5.74, 6) is 0.709. The number of hydrogen-bond donors (Lipinski definition) is 1. The molecule has 2 nitrogen and oxygen atoms in total. The van der Waals surface area contributed by atoms with Crippen molar-refractivity contribution < 1.29 is 4.79 Å². The van der Waals surface area contributed by atoms with Crippen LogP contribution in [0.1, 0.15) is 25.3 Å². The number of carbonyl (C=O) groups excluding carboxylic acids is 1. The SMILES string of the molecule is CC1CC(=O)C=C(c2c[nH]c3ccccc23)C1. The highest BCUT2D eigenvalue weighted by Gasteiger charge is 2.19. The summed E-state index contributed by atoms with van der Waals surface area (Å²) in [4.78, 5) is 14.9. The van der Waals surface area contributed by atoms with Gasteiger partial charge in [0.1, 0.15) is 0 Å². The maximum atomic E-state index is 11.6. The van der Waals surface area contributed by atoms with Gasteiger partial charge in [-0.2, -0.15) is 0 Å². The Hall–Kier alpha value is -1.83. The van der Waals surface area contributed by atoms with Gasteiger partial charge < -0.3 is 4.98 Å². The van der Waals surface area contributed by atoms with Gasteiger partial charge in [-0.3, -0.25) is 4.79 Å². The largest absolute Gasteiger partial charge is 0.361 e. The quantitative estimate of drug-likeness (QED) is 0.791. The predicted molar refractivity (Wildman–Crippen MR) is 69.7 cm³/mol. The van der Waals surface area contributed by atoms with Crippen LogP contribution in [-0.4, -0.2) is 10.8 Å². The van der Waals surface area contributed by atoms with E-state index in [4.69, 9.17) is 0 Å². The molecule has 3 rings (SSSR count). The van der Waals surface area contributed by atoms with Crippen LogP contribution in [0.25, 0.3) is 16.5 Å². The highest BCUT2D eigenvalue weighted by molar-refractivity contribution is 6.02. The first-order chi connectivity index (χ1) is 8.24. The summed E-state index contributed by atoms with van der Waals surface area (Å²) < 4.78 is 0. The second-order valence-corrected chi connectivity index (χ2v) is 4.90. The summed E-state index contributed by atoms with van der Waals surface area (Å²) in [6, 6.07) is 8.22. The Bertz CT molecular complexity index is 606. The first-order valence-electron chi connectivity index (χ1n) is 6.04. The highest BCUT2D eigenvalue weighted by atomic mass is 16.1. The van der Waals surface area contributed by atoms with Crippen molar-refractivity contribution in [2.75, 3.05) is 0 Å². The summed E-state index contributed by atoms with van der Waals surface area (Å²) in [6.45, 7) is 2.14. The van der Waals surface area contributed by atoms with Crippen molar-refractivity contribution in [2.24, 2.45) is 5.92 Å². The summed E-state index contributed by atoms with van der Waals surface area (Å²) in [5.41, 5.74) is 3.49. The zero-order valence-electron chi connectivity index (χ0n) is 9.86. The molecule has 1 N–H and O–H groups in total. The standard InChI is InChI=1S/C15H15NO/c1-10-6-11(8-12(17)7-10)14-9-16-15-5-3-2-4-13(14)15/h2-5,8-10,16H,6-7H2,1H3. The van der Waals surface area contributed by atoms with E-state index in [0.29, 0.717) is 12.3 Å². The fourth-order valence-electron chi connectivity index (χ4n) is 2.63. The van der Waals surface area contributed by atoms with Crippen molar-refractivity contribution in [1.29, 1.82) is 0 Å². The Morgan fingerprint density at radius 1 is 1.24 bits per heavy atom. The third-order valence-corrected chi connectivity index (χ3v) is 3.39. The number of fused-ring (bicyclic) bond motifs is 1. The predicted octanol–water partition coefficient (Wildman–Crippen LogP) is 3.55. The lowest BCUT2D eigenvalue weighted by Gasteiger charge is -2.17. The number of aromatic amines is 1. The van der Waals surface area contributed by atoms with Gasteiger partial charge in [0.25, 0.3) is 0 Å². The number of rotatable bonds is 1. The number of benzene rings is 1. The van der Waals surface area contributed by atoms with E-state index >= 15 is 0 Å². The van der Waals surface area contributed by atoms with Crippen LogP contribution in [0.3, 0.4) is 0 Å². The molecule has 86 valence electrons. The van der Waals surface area contributed by atoms with E-state index in [2.05, 4.69) is 24.0 Å². The van der Waals surface area contributed by atoms with E-state index in [9.17, 15) is 4.79 Å². The van der Waals surface area contributed by atoms with Crippen LogP contribution in [0.2, 0.25) is 0 Å². The molecule has 0 fully saturated rings. The minimum atomic E-state index is 0.254. The van der Waals surface area contributed by atoms with Crippen molar-refractivity contribution >= 4 is 22.3 Å². The molecule has 0 saturated heterocycles. The fourth-order valence-corrected chi connectivity index (χ4v) is 2.63. The minimum absolute atomic E-state index is 0.254. The van der Waals surface area contributed by atoms with Crippen LogP contribution < -0.4 is 0 Å². The normalized spacial score (nSPS) is 20.6. The minimum Gasteiger partial charge on any atom is -0.361 e. The van der Waals surface area contributed by atoms with Crippen molar-refractivity contribution in [3.05, 3.63) is 42.1 Å². The molecule has 0 aliphatic heterocycles. The van der Waals surface area contributed by atoms with E-state index in [0.717, 1.165) is 11.9 Å². The van der Waals surface area contributed by atoms with E-state index in [1.807, 2.05) is 24.4 Å². The number of aromatic nitrogens is 1. The van der Waals surface area contributed by atoms with E-state index in [-0.39, 0.29) is 5.78 Å². The number of ketones is 1. The molecule has 0 radical (unpaired) electrons. The van der Waals surface area contributed by atoms with Crippen LogP contribution in [0.15, 0.2) is 36.5 Å². The Kier molecular flexibility index (Phi) is 2.36. The lowest BCUT2D eigenvalue weighted by molar-refractivity contribution is -0.115. The lowest BCUT2D eigenvalue weighted by atomic mass is 9.86. The molecule has 1 aliphatic rings. The van der Waals surface area contributed by atoms with Gasteiger partial charge in [0, 0.05) is 29.1 Å². The van der Waals surface area contributed by atoms with Crippen LogP contribution in [0.4, 0.5) is 0 Å². The van der Waals surface area contributed by atoms with Gasteiger partial charge in [0.05, 0.1) is 0 Å². The number of allylic oxidation sites excluding steroid dienone is 2. The molecule has 1 atom stereocenters. The maximum absolute atomic E-state index is 11.6. The molecule has 1 aromatic carbocycles. The van der Waals surface area contributed by atoms with Gasteiger partial charge in [-0.05, 0) is 30.1 Å². The molecule has 17 heavy (non-hydrogen) atoms. The monoisotopic (exact) mass is 225 g/mol. The second kappa shape index (κ2) is 3.88. The lowest BCUT2D eigenvalue weighted by Crippen LogP contribution is -2.10. The molecule has 0 amide bonds. The fraction of sp³-hybridized carbons (Fsp3) is 0.267. The highest BCUT2D eigenvalue weighted by Crippen LogP contribution is 2.33. The number of carbonyl (C=O) groups is 1. The third kappa shape index (κ3) is 1.80. The smallest absolute Gasteiger partial charge is 0.156 e. The van der Waals surface area contributed by atoms with Gasteiger partial charge in [0.2, 0.25) is 0 Å². The van der Waals surface area contributed by atoms with E-state index in [1.165, 1.54) is 16.5 Å². The molecule has 1 unspecified atom stereocenters. The van der Waals surface area contributed by atoms with Crippen LogP contribution in [-0.2, 0) is 4.79 Å². The van der Waals surface area contributed by atoms with Crippen LogP contribution in [0, 0.1) is 5.92 Å². The van der Waals surface area contributed by atoms with Crippen LogP contribution in [0.5, 0.6) is 0 Å². The zero-order valence-corrected chi connectivity index (χ0v) is 9.86. The van der Waals surface area contributed by atoms with Gasteiger partial charge in [-0.1, -0.05) is 25.1 Å². The maximum Gasteiger partial charge on any atom is 0.156 e. The molecule has 1 aliphatic carbocycles. The van der Waals surface area contributed by atoms with Gasteiger partial charge in [-0.15, -0.1) is 0 Å². The molecule has 2 aromatic rings. The second-order valence-electron chi connectivity index (χ2n) is 4.90. The van der Waals surface area contributed by atoms with Crippen LogP contribution >= 0.6 is 0 Å². The Labute approximate surface area is 100 Å². The Morgan fingerprint density at radius 2 is 2.06 bits per heavy atom. The van der Waals surface area contributed by atoms with Crippen molar-refractivity contribution in [1.82, 2.24) is 4.98 Å². The van der Waals surface area contributed by atoms with Gasteiger partial charge in [-0.25, -0.2) is 0 Å². The molecule has 1 heterocycles. The summed E-state index contributed by atoms with van der Waals surface area (Å²) in [6.07, 6.45) is 5.51. The Balaban J connectivity index is 2.12. The van der Waals surface area contributed by atoms with Gasteiger partial charge >= 0.3 is 0 Å². The molecule has 1 aromatic heterocycles. The van der Waals surface area contributed by atoms with E-state index < -0.39 is 0 Å². The first-order valence-corrected chi connectivity index (χ1v) is 6.04. The molecular weight excluding hydrogens is 210 g/mol. The average molecular weight is 225 g/mol. The van der Waals surface area contributed by atoms with Crippen molar-refractivity contribution in [2.45, 2.75) is 19.8 Å². The molecule has 0 bridgehead atoms. The number of para-hydroxylation sites is 1. The number of hydrogen-bond acceptors (Lipinski definition) is 1. The summed E-state index contributed by atoms with van der Waals surface area (Å²) >= 11 is 0. The van der Waals surface area contributed by atoms with Crippen molar-refractivity contribution in [3.8, 4) is 0 Å². The van der Waals surface area contributed by atoms with Crippen molar-refractivity contribution in [3.63, 3.8) is 0 Å². The molecule has 2 heteroatoms. The van der Waals surface area contributed by atoms with E-state index in [1.54, 1.807) is 0 Å². The topological polar surface area (TPSA) is 32.9 Å². The molecule has 0 spiro atoms. The molecule has 0 saturated carbocycles. The Morgan fingerprint density at radius 3 is 2.88 bits per heavy atom.